The quantitative estimate of drug-likeness (QED) is 0.462. The van der Waals surface area contributed by atoms with Crippen LogP contribution >= 0.6 is 38.6 Å². The van der Waals surface area contributed by atoms with E-state index in [0.29, 0.717) is 16.1 Å². The maximum absolute atomic E-state index is 12.4. The predicted octanol–water partition coefficient (Wildman–Crippen LogP) is 4.99. The van der Waals surface area contributed by atoms with Crippen LogP contribution in [0.3, 0.4) is 0 Å². The van der Waals surface area contributed by atoms with E-state index in [9.17, 15) is 9.59 Å². The van der Waals surface area contributed by atoms with Crippen molar-refractivity contribution in [3.05, 3.63) is 67.6 Å². The zero-order valence-corrected chi connectivity index (χ0v) is 15.7. The van der Waals surface area contributed by atoms with Gasteiger partial charge in [0.1, 0.15) is 11.1 Å². The van der Waals surface area contributed by atoms with Crippen LogP contribution in [0.1, 0.15) is 10.4 Å². The summed E-state index contributed by atoms with van der Waals surface area (Å²) in [7, 11) is 0. The highest BCUT2D eigenvalue weighted by Gasteiger charge is 2.16. The van der Waals surface area contributed by atoms with E-state index >= 15 is 0 Å². The van der Waals surface area contributed by atoms with E-state index in [-0.39, 0.29) is 5.56 Å². The first-order chi connectivity index (χ1) is 12.1. The third kappa shape index (κ3) is 3.28. The van der Waals surface area contributed by atoms with Crippen LogP contribution in [0.2, 0.25) is 0 Å². The summed E-state index contributed by atoms with van der Waals surface area (Å²) >= 11 is 6.20. The Morgan fingerprint density at radius 3 is 2.88 bits per heavy atom. The molecule has 4 aromatic rings. The molecule has 0 aliphatic rings. The van der Waals surface area contributed by atoms with Crippen LogP contribution in [-0.4, -0.2) is 10.9 Å². The summed E-state index contributed by atoms with van der Waals surface area (Å²) in [4.78, 5) is 29.9. The summed E-state index contributed by atoms with van der Waals surface area (Å²) in [5, 5.41) is 7.59. The lowest BCUT2D eigenvalue weighted by Crippen LogP contribution is -2.20. The molecule has 3 aromatic heterocycles. The van der Waals surface area contributed by atoms with Gasteiger partial charge in [-0.15, -0.1) is 22.7 Å². The van der Waals surface area contributed by atoms with Gasteiger partial charge < -0.3 is 4.42 Å². The lowest BCUT2D eigenvalue weighted by molar-refractivity contribution is 0.102. The zero-order chi connectivity index (χ0) is 17.4. The Hall–Kier alpha value is -2.29. The number of nitrogens with zero attached hydrogens (tertiary/aromatic N) is 1. The fourth-order valence-electron chi connectivity index (χ4n) is 2.28. The van der Waals surface area contributed by atoms with Crippen LogP contribution in [-0.2, 0) is 0 Å². The van der Waals surface area contributed by atoms with Crippen molar-refractivity contribution in [1.82, 2.24) is 4.98 Å². The Morgan fingerprint density at radius 1 is 1.20 bits per heavy atom. The molecule has 0 saturated heterocycles. The highest BCUT2D eigenvalue weighted by molar-refractivity contribution is 9.10. The Balaban J connectivity index is 1.63. The number of thiophene rings is 1. The average Bonchev–Trinajstić information content (AvgIpc) is 3.25. The largest absolute Gasteiger partial charge is 0.422 e. The molecule has 3 heterocycles. The number of thiazole rings is 1. The van der Waals surface area contributed by atoms with E-state index in [1.807, 2.05) is 29.0 Å². The molecule has 25 heavy (non-hydrogen) atoms. The maximum Gasteiger partial charge on any atom is 0.349 e. The number of anilines is 1. The second-order valence-corrected chi connectivity index (χ2v) is 7.82. The van der Waals surface area contributed by atoms with Gasteiger partial charge in [-0.25, -0.2) is 9.78 Å². The number of aromatic nitrogens is 1. The number of carbonyl (C=O) groups is 1. The molecular formula is C17H9BrN2O3S2. The second kappa shape index (κ2) is 6.55. The van der Waals surface area contributed by atoms with Gasteiger partial charge >= 0.3 is 5.63 Å². The Bertz CT molecular complexity index is 1130. The number of fused-ring (bicyclic) bond motifs is 1. The van der Waals surface area contributed by atoms with Gasteiger partial charge in [-0.2, -0.15) is 0 Å². The molecule has 1 aromatic carbocycles. The van der Waals surface area contributed by atoms with Crippen LogP contribution in [0.25, 0.3) is 21.5 Å². The smallest absolute Gasteiger partial charge is 0.349 e. The Morgan fingerprint density at radius 2 is 2.08 bits per heavy atom. The number of amides is 1. The van der Waals surface area contributed by atoms with E-state index in [0.717, 1.165) is 15.0 Å². The molecule has 1 N–H and O–H groups in total. The number of halogens is 1. The standard InChI is InChI=1S/C17H9BrN2O3S2/c18-10-4-3-9-6-11(16(22)23-13(9)7-10)15(21)20-17-19-12(8-25-17)14-2-1-5-24-14/h1-8H,(H,19,20,21). The second-order valence-electron chi connectivity index (χ2n) is 5.10. The molecule has 4 rings (SSSR count). The molecule has 0 aliphatic heterocycles. The normalized spacial score (nSPS) is 10.9. The van der Waals surface area contributed by atoms with Crippen molar-refractivity contribution in [1.29, 1.82) is 0 Å². The highest BCUT2D eigenvalue weighted by Crippen LogP contribution is 2.28. The van der Waals surface area contributed by atoms with Gasteiger partial charge in [0.15, 0.2) is 5.13 Å². The molecule has 0 spiro atoms. The minimum atomic E-state index is -0.682. The van der Waals surface area contributed by atoms with Gasteiger partial charge in [-0.3, -0.25) is 10.1 Å². The Labute approximate surface area is 158 Å². The van der Waals surface area contributed by atoms with E-state index < -0.39 is 11.5 Å². The monoisotopic (exact) mass is 432 g/mol. The third-order valence-electron chi connectivity index (χ3n) is 3.44. The fraction of sp³-hybridized carbons (Fsp3) is 0. The summed E-state index contributed by atoms with van der Waals surface area (Å²) in [6.45, 7) is 0. The molecule has 0 radical (unpaired) electrons. The summed E-state index contributed by atoms with van der Waals surface area (Å²) in [6.07, 6.45) is 0. The van der Waals surface area contributed by atoms with E-state index in [1.165, 1.54) is 17.4 Å². The van der Waals surface area contributed by atoms with E-state index in [1.54, 1.807) is 23.5 Å². The third-order valence-corrected chi connectivity index (χ3v) is 5.58. The van der Waals surface area contributed by atoms with Gasteiger partial charge in [0.25, 0.3) is 5.91 Å². The van der Waals surface area contributed by atoms with Crippen molar-refractivity contribution in [3.63, 3.8) is 0 Å². The first-order valence-electron chi connectivity index (χ1n) is 7.14. The van der Waals surface area contributed by atoms with E-state index in [2.05, 4.69) is 26.2 Å². The number of nitrogens with one attached hydrogen (secondary N) is 1. The number of hydrogen-bond donors (Lipinski definition) is 1. The molecule has 8 heteroatoms. The number of rotatable bonds is 3. The first-order valence-corrected chi connectivity index (χ1v) is 9.69. The minimum Gasteiger partial charge on any atom is -0.422 e. The van der Waals surface area contributed by atoms with Crippen molar-refractivity contribution in [2.75, 3.05) is 5.32 Å². The van der Waals surface area contributed by atoms with Crippen molar-refractivity contribution in [3.8, 4) is 10.6 Å². The molecule has 0 bridgehead atoms. The minimum absolute atomic E-state index is 0.0531. The molecule has 0 fully saturated rings. The van der Waals surface area contributed by atoms with Gasteiger partial charge in [-0.1, -0.05) is 28.1 Å². The molecule has 0 aliphatic carbocycles. The topological polar surface area (TPSA) is 72.2 Å². The van der Waals surface area contributed by atoms with Crippen LogP contribution in [0.4, 0.5) is 5.13 Å². The lowest BCUT2D eigenvalue weighted by atomic mass is 10.2. The summed E-state index contributed by atoms with van der Waals surface area (Å²) < 4.78 is 6.03. The average molecular weight is 433 g/mol. The van der Waals surface area contributed by atoms with Crippen LogP contribution in [0, 0.1) is 0 Å². The maximum atomic E-state index is 12.4. The molecule has 0 atom stereocenters. The van der Waals surface area contributed by atoms with Crippen molar-refractivity contribution < 1.29 is 9.21 Å². The molecule has 0 unspecified atom stereocenters. The fourth-order valence-corrected chi connectivity index (χ4v) is 4.08. The van der Waals surface area contributed by atoms with Gasteiger partial charge in [0, 0.05) is 15.2 Å². The van der Waals surface area contributed by atoms with Gasteiger partial charge in [0.05, 0.1) is 10.6 Å². The lowest BCUT2D eigenvalue weighted by Gasteiger charge is -2.03. The van der Waals surface area contributed by atoms with Gasteiger partial charge in [0.2, 0.25) is 0 Å². The molecule has 0 saturated carbocycles. The van der Waals surface area contributed by atoms with Gasteiger partial charge in [-0.05, 0) is 29.6 Å². The van der Waals surface area contributed by atoms with Crippen LogP contribution < -0.4 is 10.9 Å². The summed E-state index contributed by atoms with van der Waals surface area (Å²) in [6, 6.07) is 10.7. The molecule has 1 amide bonds. The van der Waals surface area contributed by atoms with Crippen molar-refractivity contribution >= 4 is 60.6 Å². The predicted molar refractivity (Wildman–Crippen MR) is 104 cm³/mol. The van der Waals surface area contributed by atoms with Crippen LogP contribution in [0.5, 0.6) is 0 Å². The molecule has 124 valence electrons. The molecule has 5 nitrogen and oxygen atoms in total. The highest BCUT2D eigenvalue weighted by atomic mass is 79.9. The number of carbonyl (C=O) groups excluding carboxylic acids is 1. The Kier molecular flexibility index (Phi) is 4.24. The zero-order valence-electron chi connectivity index (χ0n) is 12.5. The summed E-state index contributed by atoms with van der Waals surface area (Å²) in [5.74, 6) is -0.536. The van der Waals surface area contributed by atoms with Crippen LogP contribution in [0.15, 0.2) is 60.8 Å². The first kappa shape index (κ1) is 16.2. The molecular weight excluding hydrogens is 424 g/mol. The van der Waals surface area contributed by atoms with E-state index in [4.69, 9.17) is 4.42 Å². The number of hydrogen-bond acceptors (Lipinski definition) is 6. The summed E-state index contributed by atoms with van der Waals surface area (Å²) in [5.41, 5.74) is 0.483. The van der Waals surface area contributed by atoms with Crippen molar-refractivity contribution in [2.24, 2.45) is 0 Å². The van der Waals surface area contributed by atoms with Crippen molar-refractivity contribution in [2.45, 2.75) is 0 Å². The SMILES string of the molecule is O=C(Nc1nc(-c2cccs2)cs1)c1cc2ccc(Br)cc2oc1=O. The number of benzene rings is 1.